The molecule has 4 heterocycles. The maximum atomic E-state index is 14.4. The van der Waals surface area contributed by atoms with Crippen molar-refractivity contribution in [2.45, 2.75) is 149 Å². The Morgan fingerprint density at radius 2 is 1.31 bits per heavy atom. The predicted molar refractivity (Wildman–Crippen MR) is 221 cm³/mol. The molecule has 17 nitrogen and oxygen atoms in total. The van der Waals surface area contributed by atoms with E-state index >= 15 is 0 Å². The van der Waals surface area contributed by atoms with Crippen LogP contribution < -0.4 is 34.0 Å². The minimum Gasteiger partial charge on any atom is -0.373 e. The molecule has 4 rings (SSSR count). The van der Waals surface area contributed by atoms with Crippen LogP contribution in [0.15, 0.2) is 31.6 Å². The Morgan fingerprint density at radius 1 is 0.793 bits per heavy atom. The summed E-state index contributed by atoms with van der Waals surface area (Å²) in [5.41, 5.74) is 8.35. The van der Waals surface area contributed by atoms with E-state index in [1.54, 1.807) is 0 Å². The molecule has 9 atom stereocenters. The number of rotatable bonds is 21. The number of nitrogens with zero attached hydrogens (tertiary/aromatic N) is 2. The second-order valence-electron chi connectivity index (χ2n) is 17.9. The second kappa shape index (κ2) is 19.8. The molecule has 6 N–H and O–H groups in total. The maximum Gasteiger partial charge on any atom is 0.328 e. The van der Waals surface area contributed by atoms with Gasteiger partial charge in [-0.1, -0.05) is 41.5 Å². The van der Waals surface area contributed by atoms with Crippen LogP contribution in [0.1, 0.15) is 112 Å². The Balaban J connectivity index is 1.64. The molecule has 330 valence electrons. The van der Waals surface area contributed by atoms with E-state index in [0.29, 0.717) is 38.4 Å². The van der Waals surface area contributed by atoms with Gasteiger partial charge in [-0.25, -0.2) is 9.59 Å². The Morgan fingerprint density at radius 3 is 1.81 bits per heavy atom. The van der Waals surface area contributed by atoms with E-state index in [0.717, 1.165) is 6.42 Å². The molecule has 0 aromatic carbocycles. The third-order valence-electron chi connectivity index (χ3n) is 11.5. The molecule has 0 spiro atoms. The minimum absolute atomic E-state index is 0.101. The van der Waals surface area contributed by atoms with Gasteiger partial charge in [0.25, 0.3) is 11.1 Å². The average molecular weight is 841 g/mol. The van der Waals surface area contributed by atoms with Crippen LogP contribution in [-0.4, -0.2) is 87.7 Å². The Kier molecular flexibility index (Phi) is 16.3. The van der Waals surface area contributed by atoms with Crippen LogP contribution in [0, 0.1) is 23.7 Å². The third-order valence-corrected chi connectivity index (χ3v) is 12.7. The van der Waals surface area contributed by atoms with Crippen molar-refractivity contribution in [3.8, 4) is 0 Å². The fraction of sp³-hybridized carbons (Fsp3) is 0.800. The lowest BCUT2D eigenvalue weighted by molar-refractivity contribution is -0.133. The summed E-state index contributed by atoms with van der Waals surface area (Å²) in [5.74, 6) is -0.334. The van der Waals surface area contributed by atoms with E-state index in [4.69, 9.17) is 39.5 Å². The first-order valence-electron chi connectivity index (χ1n) is 20.6. The van der Waals surface area contributed by atoms with Crippen molar-refractivity contribution in [3.63, 3.8) is 0 Å². The number of aryl methyl sites for hydroxylation is 2. The summed E-state index contributed by atoms with van der Waals surface area (Å²) in [7, 11) is -3.96. The molecule has 0 radical (unpaired) electrons. The highest BCUT2D eigenvalue weighted by atomic mass is 31.2. The predicted octanol–water partition coefficient (Wildman–Crippen LogP) is 3.82. The van der Waals surface area contributed by atoms with E-state index in [1.807, 2.05) is 55.4 Å². The Hall–Kier alpha value is -2.73. The van der Waals surface area contributed by atoms with Gasteiger partial charge >= 0.3 is 19.0 Å². The molecule has 0 amide bonds. The van der Waals surface area contributed by atoms with E-state index in [-0.39, 0.29) is 42.7 Å². The summed E-state index contributed by atoms with van der Waals surface area (Å²) in [4.78, 5) is 56.6. The molecule has 0 aliphatic carbocycles. The van der Waals surface area contributed by atoms with Gasteiger partial charge in [-0.05, 0) is 71.9 Å². The molecule has 0 bridgehead atoms. The smallest absolute Gasteiger partial charge is 0.328 e. The topological polar surface area (TPSA) is 234 Å². The lowest BCUT2D eigenvalue weighted by Gasteiger charge is -2.36. The van der Waals surface area contributed by atoms with Crippen LogP contribution in [0.2, 0.25) is 0 Å². The SMILES string of the molecule is CC(C)CC(C)(C)OC[C@H]1O[C@@H](c2cn(CCCN)c(=O)[nH]c2=O)[C@@H](OP(C)(=O)OC[C@H]2O[C@@H](c3cn(CCCN)c(=O)[nH]c3=O)[C@@H](C)C2OC(C)(C)C(C)C)C1C. The van der Waals surface area contributed by atoms with E-state index in [9.17, 15) is 23.7 Å². The molecule has 0 saturated carbocycles. The van der Waals surface area contributed by atoms with Gasteiger partial charge in [0, 0.05) is 44.0 Å². The third kappa shape index (κ3) is 12.0. The summed E-state index contributed by atoms with van der Waals surface area (Å²) >= 11 is 0. The van der Waals surface area contributed by atoms with Crippen LogP contribution in [0.4, 0.5) is 0 Å². The van der Waals surface area contributed by atoms with Crippen molar-refractivity contribution >= 4 is 7.60 Å². The number of nitrogens with one attached hydrogen (secondary N) is 2. The Bertz CT molecular complexity index is 1960. The number of aromatic amines is 2. The van der Waals surface area contributed by atoms with Crippen molar-refractivity contribution in [3.05, 3.63) is 65.2 Å². The first-order chi connectivity index (χ1) is 27.0. The molecule has 2 aromatic heterocycles. The molecule has 18 heteroatoms. The summed E-state index contributed by atoms with van der Waals surface area (Å²) in [6.07, 6.45) is 0.0458. The number of hydrogen-bond acceptors (Lipinski definition) is 13. The largest absolute Gasteiger partial charge is 0.373 e. The van der Waals surface area contributed by atoms with Gasteiger partial charge in [-0.3, -0.25) is 24.1 Å². The Labute approximate surface area is 341 Å². The average Bonchev–Trinajstić information content (AvgIpc) is 3.58. The van der Waals surface area contributed by atoms with E-state index < -0.39 is 83.8 Å². The zero-order valence-corrected chi connectivity index (χ0v) is 37.2. The molecule has 3 unspecified atom stereocenters. The number of nitrogens with two attached hydrogens (primary N) is 2. The van der Waals surface area contributed by atoms with Crippen LogP contribution in [-0.2, 0) is 45.6 Å². The second-order valence-corrected chi connectivity index (χ2v) is 19.9. The first-order valence-corrected chi connectivity index (χ1v) is 22.6. The number of aromatic nitrogens is 4. The summed E-state index contributed by atoms with van der Waals surface area (Å²) in [6.45, 7) is 22.6. The van der Waals surface area contributed by atoms with Crippen LogP contribution >= 0.6 is 7.60 Å². The molecular weight excluding hydrogens is 771 g/mol. The van der Waals surface area contributed by atoms with E-state index in [2.05, 4.69) is 23.8 Å². The van der Waals surface area contributed by atoms with Crippen molar-refractivity contribution in [1.82, 2.24) is 19.1 Å². The van der Waals surface area contributed by atoms with Gasteiger partial charge in [0.05, 0.1) is 53.9 Å². The normalized spacial score (nSPS) is 26.5. The fourth-order valence-corrected chi connectivity index (χ4v) is 8.88. The number of H-pyrrole nitrogens is 2. The molecule has 2 fully saturated rings. The first kappa shape index (κ1) is 47.9. The molecule has 58 heavy (non-hydrogen) atoms. The van der Waals surface area contributed by atoms with Crippen LogP contribution in [0.25, 0.3) is 0 Å². The van der Waals surface area contributed by atoms with E-state index in [1.165, 1.54) is 28.2 Å². The summed E-state index contributed by atoms with van der Waals surface area (Å²) < 4.78 is 55.8. The zero-order chi connectivity index (χ0) is 43.3. The summed E-state index contributed by atoms with van der Waals surface area (Å²) in [6, 6.07) is 0. The lowest BCUT2D eigenvalue weighted by atomic mass is 9.91. The molecular formula is C40H69N6O11P. The lowest BCUT2D eigenvalue weighted by Crippen LogP contribution is -2.42. The highest BCUT2D eigenvalue weighted by Crippen LogP contribution is 2.53. The molecule has 2 aromatic rings. The van der Waals surface area contributed by atoms with Crippen LogP contribution in [0.3, 0.4) is 0 Å². The monoisotopic (exact) mass is 840 g/mol. The number of hydrogen-bond donors (Lipinski definition) is 4. The van der Waals surface area contributed by atoms with Crippen molar-refractivity contribution in [2.24, 2.45) is 35.1 Å². The molecule has 2 aliphatic heterocycles. The van der Waals surface area contributed by atoms with Gasteiger partial charge in [-0.15, -0.1) is 0 Å². The minimum atomic E-state index is -3.96. The summed E-state index contributed by atoms with van der Waals surface area (Å²) in [5, 5.41) is 0. The van der Waals surface area contributed by atoms with Gasteiger partial charge in [0.15, 0.2) is 0 Å². The van der Waals surface area contributed by atoms with Gasteiger partial charge in [0.2, 0.25) is 0 Å². The van der Waals surface area contributed by atoms with Crippen LogP contribution in [0.5, 0.6) is 0 Å². The van der Waals surface area contributed by atoms with Crippen molar-refractivity contribution < 1.29 is 32.6 Å². The van der Waals surface area contributed by atoms with Gasteiger partial charge < -0.3 is 48.6 Å². The van der Waals surface area contributed by atoms with Gasteiger partial charge in [-0.2, -0.15) is 0 Å². The highest BCUT2D eigenvalue weighted by molar-refractivity contribution is 7.53. The quantitative estimate of drug-likeness (QED) is 0.131. The maximum absolute atomic E-state index is 14.4. The van der Waals surface area contributed by atoms with Crippen molar-refractivity contribution in [1.29, 1.82) is 0 Å². The number of ether oxygens (including phenoxy) is 4. The van der Waals surface area contributed by atoms with Crippen molar-refractivity contribution in [2.75, 3.05) is 33.0 Å². The molecule has 2 aliphatic rings. The zero-order valence-electron chi connectivity index (χ0n) is 36.3. The standard InChI is InChI=1S/C40H69N6O11P/c1-23(2)18-39(7,8)52-21-29-25(5)33(34(54-29)28-20-46(17-13-15-42)38(50)44-36(28)48)57-58(11,51)53-22-30-32(56-40(9,10)24(3)4)26(6)31(55-30)27-19-45(16-12-14-41)37(49)43-35(27)47/h19-20,23-26,29-34H,12-18,21-22,41-42H2,1-11H3,(H,43,47,49)(H,44,48,50)/t25?,26-,29-,30-,31-,32?,33+,34+,58?/m1/s1. The fourth-order valence-electron chi connectivity index (χ4n) is 7.65. The highest BCUT2D eigenvalue weighted by Gasteiger charge is 2.50. The molecule has 2 saturated heterocycles. The van der Waals surface area contributed by atoms with Gasteiger partial charge in [0.1, 0.15) is 18.3 Å².